The van der Waals surface area contributed by atoms with Crippen LogP contribution in [0.25, 0.3) is 0 Å². The van der Waals surface area contributed by atoms with Gasteiger partial charge in [0.25, 0.3) is 0 Å². The first kappa shape index (κ1) is 15.3. The maximum atomic E-state index is 8.99. The number of hydrogen-bond donors (Lipinski definition) is 1. The first-order valence-corrected chi connectivity index (χ1v) is 7.79. The van der Waals surface area contributed by atoms with Gasteiger partial charge >= 0.3 is 0 Å². The molecule has 1 fully saturated rings. The summed E-state index contributed by atoms with van der Waals surface area (Å²) < 4.78 is 5.76. The zero-order valence-corrected chi connectivity index (χ0v) is 12.7. The van der Waals surface area contributed by atoms with Gasteiger partial charge in [0.15, 0.2) is 0 Å². The zero-order valence-electron chi connectivity index (χ0n) is 12.7. The molecule has 1 aromatic carbocycles. The highest BCUT2D eigenvalue weighted by Gasteiger charge is 2.23. The number of aliphatic hydroxyl groups is 1. The van der Waals surface area contributed by atoms with Crippen molar-refractivity contribution in [3.05, 3.63) is 29.8 Å². The number of likely N-dealkylation sites (tertiary alicyclic amines) is 1. The fourth-order valence-electron chi connectivity index (χ4n) is 2.98. The van der Waals surface area contributed by atoms with Crippen molar-refractivity contribution >= 4 is 0 Å². The number of aliphatic hydroxyl groups excluding tert-OH is 1. The van der Waals surface area contributed by atoms with Crippen molar-refractivity contribution in [2.75, 3.05) is 13.2 Å². The summed E-state index contributed by atoms with van der Waals surface area (Å²) in [5.41, 5.74) is 1.32. The van der Waals surface area contributed by atoms with Crippen LogP contribution in [0.3, 0.4) is 0 Å². The van der Waals surface area contributed by atoms with Crippen LogP contribution < -0.4 is 4.74 Å². The molecule has 3 heteroatoms. The molecular weight excluding hydrogens is 250 g/mol. The SMILES string of the molecule is CC(C)Oc1cccc(CN2CCCC2CCCO)c1. The minimum absolute atomic E-state index is 0.217. The Hall–Kier alpha value is -1.06. The second kappa shape index (κ2) is 7.65. The highest BCUT2D eigenvalue weighted by Crippen LogP contribution is 2.24. The van der Waals surface area contributed by atoms with Crippen LogP contribution in [0.2, 0.25) is 0 Å². The quantitative estimate of drug-likeness (QED) is 0.830. The highest BCUT2D eigenvalue weighted by molar-refractivity contribution is 5.28. The summed E-state index contributed by atoms with van der Waals surface area (Å²) in [7, 11) is 0. The van der Waals surface area contributed by atoms with E-state index >= 15 is 0 Å². The van der Waals surface area contributed by atoms with Gasteiger partial charge < -0.3 is 9.84 Å². The van der Waals surface area contributed by atoms with E-state index < -0.39 is 0 Å². The van der Waals surface area contributed by atoms with E-state index in [1.54, 1.807) is 0 Å². The van der Waals surface area contributed by atoms with E-state index in [2.05, 4.69) is 36.9 Å². The van der Waals surface area contributed by atoms with Gasteiger partial charge in [0, 0.05) is 19.2 Å². The van der Waals surface area contributed by atoms with Gasteiger partial charge in [-0.1, -0.05) is 12.1 Å². The van der Waals surface area contributed by atoms with E-state index in [9.17, 15) is 0 Å². The predicted molar refractivity (Wildman–Crippen MR) is 82.0 cm³/mol. The van der Waals surface area contributed by atoms with Crippen molar-refractivity contribution < 1.29 is 9.84 Å². The van der Waals surface area contributed by atoms with Crippen LogP contribution in [0, 0.1) is 0 Å². The lowest BCUT2D eigenvalue weighted by Gasteiger charge is -2.24. The lowest BCUT2D eigenvalue weighted by Crippen LogP contribution is -2.29. The summed E-state index contributed by atoms with van der Waals surface area (Å²) in [6, 6.07) is 9.07. The maximum absolute atomic E-state index is 8.99. The van der Waals surface area contributed by atoms with E-state index in [0.717, 1.165) is 25.1 Å². The molecule has 0 radical (unpaired) electrons. The minimum Gasteiger partial charge on any atom is -0.491 e. The fourth-order valence-corrected chi connectivity index (χ4v) is 2.98. The Bertz CT molecular complexity index is 406. The molecule has 20 heavy (non-hydrogen) atoms. The number of rotatable bonds is 7. The Morgan fingerprint density at radius 1 is 1.40 bits per heavy atom. The second-order valence-electron chi connectivity index (χ2n) is 5.95. The smallest absolute Gasteiger partial charge is 0.120 e. The van der Waals surface area contributed by atoms with Gasteiger partial charge in [-0.15, -0.1) is 0 Å². The third kappa shape index (κ3) is 4.50. The molecule has 0 spiro atoms. The monoisotopic (exact) mass is 277 g/mol. The average Bonchev–Trinajstić information content (AvgIpc) is 2.83. The molecule has 0 aromatic heterocycles. The Morgan fingerprint density at radius 3 is 3.00 bits per heavy atom. The van der Waals surface area contributed by atoms with Crippen molar-refractivity contribution in [1.82, 2.24) is 4.90 Å². The molecule has 1 heterocycles. The molecule has 1 unspecified atom stereocenters. The Balaban J connectivity index is 1.94. The van der Waals surface area contributed by atoms with Gasteiger partial charge in [-0.25, -0.2) is 0 Å². The van der Waals surface area contributed by atoms with Crippen LogP contribution in [-0.4, -0.2) is 35.3 Å². The molecule has 1 aromatic rings. The number of nitrogens with zero attached hydrogens (tertiary/aromatic N) is 1. The first-order valence-electron chi connectivity index (χ1n) is 7.79. The Labute approximate surface area is 122 Å². The van der Waals surface area contributed by atoms with Gasteiger partial charge in [-0.05, 0) is 63.8 Å². The van der Waals surface area contributed by atoms with E-state index in [4.69, 9.17) is 9.84 Å². The summed E-state index contributed by atoms with van der Waals surface area (Å²) in [6.07, 6.45) is 4.78. The van der Waals surface area contributed by atoms with Gasteiger partial charge in [0.1, 0.15) is 5.75 Å². The van der Waals surface area contributed by atoms with E-state index in [0.29, 0.717) is 12.6 Å². The molecule has 1 N–H and O–H groups in total. The molecule has 1 saturated heterocycles. The van der Waals surface area contributed by atoms with Crippen LogP contribution in [0.15, 0.2) is 24.3 Å². The van der Waals surface area contributed by atoms with Crippen LogP contribution in [0.5, 0.6) is 5.75 Å². The second-order valence-corrected chi connectivity index (χ2v) is 5.95. The predicted octanol–water partition coefficient (Wildman–Crippen LogP) is 3.21. The number of ether oxygens (including phenoxy) is 1. The summed E-state index contributed by atoms with van der Waals surface area (Å²) in [4.78, 5) is 2.55. The Kier molecular flexibility index (Phi) is 5.86. The normalized spacial score (nSPS) is 19.7. The number of hydrogen-bond acceptors (Lipinski definition) is 3. The molecule has 1 aliphatic heterocycles. The third-order valence-corrected chi connectivity index (χ3v) is 3.85. The van der Waals surface area contributed by atoms with Crippen molar-refractivity contribution in [2.24, 2.45) is 0 Å². The molecule has 112 valence electrons. The largest absolute Gasteiger partial charge is 0.491 e. The minimum atomic E-state index is 0.217. The molecule has 3 nitrogen and oxygen atoms in total. The third-order valence-electron chi connectivity index (χ3n) is 3.85. The zero-order chi connectivity index (χ0) is 14.4. The first-order chi connectivity index (χ1) is 9.69. The van der Waals surface area contributed by atoms with Crippen LogP contribution in [-0.2, 0) is 6.54 Å². The van der Waals surface area contributed by atoms with Crippen molar-refractivity contribution in [1.29, 1.82) is 0 Å². The van der Waals surface area contributed by atoms with Gasteiger partial charge in [0.2, 0.25) is 0 Å². The highest BCUT2D eigenvalue weighted by atomic mass is 16.5. The van der Waals surface area contributed by atoms with Gasteiger partial charge in [-0.3, -0.25) is 4.90 Å². The lowest BCUT2D eigenvalue weighted by molar-refractivity contribution is 0.209. The summed E-state index contributed by atoms with van der Waals surface area (Å²) in [6.45, 7) is 6.58. The summed E-state index contributed by atoms with van der Waals surface area (Å²) in [5, 5.41) is 8.99. The molecular formula is C17H27NO2. The van der Waals surface area contributed by atoms with E-state index in [1.165, 1.54) is 24.9 Å². The van der Waals surface area contributed by atoms with Gasteiger partial charge in [-0.2, -0.15) is 0 Å². The van der Waals surface area contributed by atoms with Crippen LogP contribution in [0.4, 0.5) is 0 Å². The Morgan fingerprint density at radius 2 is 2.25 bits per heavy atom. The van der Waals surface area contributed by atoms with Crippen molar-refractivity contribution in [3.63, 3.8) is 0 Å². The standard InChI is InChI=1S/C17H27NO2/c1-14(2)20-17-9-3-6-15(12-17)13-18-10-4-7-16(18)8-5-11-19/h3,6,9,12,14,16,19H,4-5,7-8,10-11,13H2,1-2H3. The van der Waals surface area contributed by atoms with Crippen LogP contribution in [0.1, 0.15) is 45.1 Å². The molecule has 0 bridgehead atoms. The molecule has 1 atom stereocenters. The molecule has 0 aliphatic carbocycles. The topological polar surface area (TPSA) is 32.7 Å². The van der Waals surface area contributed by atoms with Crippen LogP contribution >= 0.6 is 0 Å². The van der Waals surface area contributed by atoms with E-state index in [-0.39, 0.29) is 6.10 Å². The summed E-state index contributed by atoms with van der Waals surface area (Å²) >= 11 is 0. The summed E-state index contributed by atoms with van der Waals surface area (Å²) in [5.74, 6) is 0.962. The fraction of sp³-hybridized carbons (Fsp3) is 0.647. The molecule has 0 saturated carbocycles. The van der Waals surface area contributed by atoms with Crippen molar-refractivity contribution in [2.45, 2.75) is 58.2 Å². The molecule has 2 rings (SSSR count). The lowest BCUT2D eigenvalue weighted by atomic mass is 10.1. The molecule has 1 aliphatic rings. The average molecular weight is 277 g/mol. The molecule has 0 amide bonds. The van der Waals surface area contributed by atoms with Gasteiger partial charge in [0.05, 0.1) is 6.10 Å². The maximum Gasteiger partial charge on any atom is 0.120 e. The van der Waals surface area contributed by atoms with E-state index in [1.807, 2.05) is 6.07 Å². The number of benzene rings is 1. The van der Waals surface area contributed by atoms with Crippen molar-refractivity contribution in [3.8, 4) is 5.75 Å².